The summed E-state index contributed by atoms with van der Waals surface area (Å²) in [5.74, 6) is -0.505. The molecule has 1 aliphatic rings. The van der Waals surface area contributed by atoms with Gasteiger partial charge in [-0.1, -0.05) is 59.3 Å². The van der Waals surface area contributed by atoms with Gasteiger partial charge in [0.05, 0.1) is 11.8 Å². The van der Waals surface area contributed by atoms with Gasteiger partial charge in [-0.3, -0.25) is 9.59 Å². The van der Waals surface area contributed by atoms with Gasteiger partial charge in [-0.2, -0.15) is 0 Å². The lowest BCUT2D eigenvalue weighted by Crippen LogP contribution is -2.29. The van der Waals surface area contributed by atoms with Crippen LogP contribution in [0, 0.1) is 17.8 Å². The average Bonchev–Trinajstić information content (AvgIpc) is 2.64. The van der Waals surface area contributed by atoms with Gasteiger partial charge in [-0.15, -0.1) is 0 Å². The highest BCUT2D eigenvalue weighted by Crippen LogP contribution is 2.30. The average molecular weight is 383 g/mol. The van der Waals surface area contributed by atoms with Crippen LogP contribution in [0.5, 0.6) is 0 Å². The Morgan fingerprint density at radius 2 is 1.41 bits per heavy atom. The van der Waals surface area contributed by atoms with E-state index in [1.165, 1.54) is 38.5 Å². The lowest BCUT2D eigenvalue weighted by Gasteiger charge is -2.27. The Morgan fingerprint density at radius 1 is 0.852 bits per heavy atom. The quantitative estimate of drug-likeness (QED) is 0.280. The van der Waals surface area contributed by atoms with E-state index >= 15 is 0 Å². The van der Waals surface area contributed by atoms with Gasteiger partial charge in [0.1, 0.15) is 6.10 Å². The van der Waals surface area contributed by atoms with Crippen molar-refractivity contribution in [3.8, 4) is 0 Å². The van der Waals surface area contributed by atoms with Gasteiger partial charge >= 0.3 is 11.9 Å². The second kappa shape index (κ2) is 14.0. The molecule has 0 radical (unpaired) electrons. The molecule has 0 aliphatic heterocycles. The van der Waals surface area contributed by atoms with Crippen LogP contribution in [-0.2, 0) is 14.3 Å². The Kier molecular flexibility index (Phi) is 12.4. The van der Waals surface area contributed by atoms with Gasteiger partial charge in [0, 0.05) is 0 Å². The van der Waals surface area contributed by atoms with Gasteiger partial charge in [0.25, 0.3) is 0 Å². The third kappa shape index (κ3) is 10.8. The molecular weight excluding hydrogens is 340 g/mol. The fourth-order valence-corrected chi connectivity index (χ4v) is 4.00. The normalized spacial score (nSPS) is 21.2. The van der Waals surface area contributed by atoms with Crippen LogP contribution in [0.15, 0.2) is 0 Å². The highest BCUT2D eigenvalue weighted by atomic mass is 16.5. The fourth-order valence-electron chi connectivity index (χ4n) is 4.00. The zero-order valence-electron chi connectivity index (χ0n) is 17.9. The second-order valence-electron chi connectivity index (χ2n) is 8.83. The maximum Gasteiger partial charge on any atom is 0.309 e. The SMILES string of the molecule is CCCCCCCCC(CCCC(C)C)OC(=O)C1CCC(C(=O)O)CC1. The third-order valence-corrected chi connectivity index (χ3v) is 5.88. The van der Waals surface area contributed by atoms with Crippen LogP contribution in [0.1, 0.15) is 111 Å². The van der Waals surface area contributed by atoms with Crippen molar-refractivity contribution in [1.82, 2.24) is 0 Å². The Morgan fingerprint density at radius 3 is 2.00 bits per heavy atom. The van der Waals surface area contributed by atoms with E-state index in [4.69, 9.17) is 9.84 Å². The molecule has 0 aromatic carbocycles. The van der Waals surface area contributed by atoms with Crippen molar-refractivity contribution in [3.05, 3.63) is 0 Å². The minimum Gasteiger partial charge on any atom is -0.481 e. The molecule has 0 heterocycles. The number of hydrogen-bond acceptors (Lipinski definition) is 3. The van der Waals surface area contributed by atoms with Crippen LogP contribution in [0.3, 0.4) is 0 Å². The topological polar surface area (TPSA) is 63.6 Å². The lowest BCUT2D eigenvalue weighted by atomic mass is 9.82. The molecule has 0 spiro atoms. The van der Waals surface area contributed by atoms with Crippen LogP contribution in [0.2, 0.25) is 0 Å². The molecule has 4 nitrogen and oxygen atoms in total. The zero-order valence-corrected chi connectivity index (χ0v) is 17.9. The number of carboxylic acid groups (broad SMARTS) is 1. The van der Waals surface area contributed by atoms with E-state index in [1.54, 1.807) is 0 Å². The van der Waals surface area contributed by atoms with E-state index in [1.807, 2.05) is 0 Å². The monoisotopic (exact) mass is 382 g/mol. The first kappa shape index (κ1) is 24.0. The molecule has 0 saturated heterocycles. The van der Waals surface area contributed by atoms with E-state index < -0.39 is 5.97 Å². The number of carbonyl (C=O) groups excluding carboxylic acids is 1. The van der Waals surface area contributed by atoms with Gasteiger partial charge in [-0.05, 0) is 57.3 Å². The van der Waals surface area contributed by atoms with E-state index in [2.05, 4.69) is 20.8 Å². The van der Waals surface area contributed by atoms with Crippen molar-refractivity contribution in [2.75, 3.05) is 0 Å². The number of aliphatic carboxylic acids is 1. The summed E-state index contributed by atoms with van der Waals surface area (Å²) in [6.07, 6.45) is 14.3. The molecule has 27 heavy (non-hydrogen) atoms. The first-order chi connectivity index (χ1) is 12.9. The first-order valence-corrected chi connectivity index (χ1v) is 11.4. The standard InChI is InChI=1S/C23H42O4/c1-4-5-6-7-8-9-12-21(13-10-11-18(2)3)27-23(26)20-16-14-19(15-17-20)22(24)25/h18-21H,4-17H2,1-3H3,(H,24,25). The minimum absolute atomic E-state index is 0.0413. The summed E-state index contributed by atoms with van der Waals surface area (Å²) in [5.41, 5.74) is 0. The number of carbonyl (C=O) groups is 2. The summed E-state index contributed by atoms with van der Waals surface area (Å²) in [6, 6.07) is 0. The Balaban J connectivity index is 2.39. The molecule has 1 fully saturated rings. The number of unbranched alkanes of at least 4 members (excludes halogenated alkanes) is 5. The first-order valence-electron chi connectivity index (χ1n) is 11.4. The molecule has 1 N–H and O–H groups in total. The third-order valence-electron chi connectivity index (χ3n) is 5.88. The summed E-state index contributed by atoms with van der Waals surface area (Å²) in [6.45, 7) is 6.69. The van der Waals surface area contributed by atoms with E-state index in [9.17, 15) is 9.59 Å². The van der Waals surface area contributed by atoms with Crippen molar-refractivity contribution in [1.29, 1.82) is 0 Å². The number of carboxylic acids is 1. The summed E-state index contributed by atoms with van der Waals surface area (Å²) < 4.78 is 5.91. The molecule has 1 atom stereocenters. The number of ether oxygens (including phenoxy) is 1. The summed E-state index contributed by atoms with van der Waals surface area (Å²) in [4.78, 5) is 23.7. The highest BCUT2D eigenvalue weighted by Gasteiger charge is 2.31. The molecule has 0 aromatic heterocycles. The van der Waals surface area contributed by atoms with E-state index in [0.29, 0.717) is 31.6 Å². The molecular formula is C23H42O4. The number of hydrogen-bond donors (Lipinski definition) is 1. The van der Waals surface area contributed by atoms with Crippen LogP contribution in [-0.4, -0.2) is 23.1 Å². The minimum atomic E-state index is -0.726. The number of esters is 1. The summed E-state index contributed by atoms with van der Waals surface area (Å²) in [7, 11) is 0. The summed E-state index contributed by atoms with van der Waals surface area (Å²) >= 11 is 0. The largest absolute Gasteiger partial charge is 0.481 e. The van der Waals surface area contributed by atoms with Gasteiger partial charge in [-0.25, -0.2) is 0 Å². The molecule has 0 amide bonds. The van der Waals surface area contributed by atoms with Crippen LogP contribution < -0.4 is 0 Å². The van der Waals surface area contributed by atoms with Crippen molar-refractivity contribution >= 4 is 11.9 Å². The zero-order chi connectivity index (χ0) is 20.1. The van der Waals surface area contributed by atoms with Crippen LogP contribution in [0.25, 0.3) is 0 Å². The molecule has 1 aliphatic carbocycles. The Bertz CT molecular complexity index is 411. The second-order valence-corrected chi connectivity index (χ2v) is 8.83. The molecule has 0 bridgehead atoms. The molecule has 4 heteroatoms. The molecule has 158 valence electrons. The van der Waals surface area contributed by atoms with Crippen molar-refractivity contribution in [2.45, 2.75) is 117 Å². The number of rotatable bonds is 14. The maximum absolute atomic E-state index is 12.6. The van der Waals surface area contributed by atoms with Crippen molar-refractivity contribution < 1.29 is 19.4 Å². The molecule has 1 unspecified atom stereocenters. The summed E-state index contributed by atoms with van der Waals surface area (Å²) in [5, 5.41) is 9.11. The van der Waals surface area contributed by atoms with E-state index in [0.717, 1.165) is 25.7 Å². The maximum atomic E-state index is 12.6. The Hall–Kier alpha value is -1.06. The predicted octanol–water partition coefficient (Wildman–Crippen LogP) is 6.37. The van der Waals surface area contributed by atoms with Crippen molar-refractivity contribution in [2.24, 2.45) is 17.8 Å². The smallest absolute Gasteiger partial charge is 0.309 e. The van der Waals surface area contributed by atoms with Crippen LogP contribution in [0.4, 0.5) is 0 Å². The van der Waals surface area contributed by atoms with Crippen molar-refractivity contribution in [3.63, 3.8) is 0 Å². The van der Waals surface area contributed by atoms with E-state index in [-0.39, 0.29) is 23.9 Å². The molecule has 1 rings (SSSR count). The Labute approximate surface area is 166 Å². The predicted molar refractivity (Wildman–Crippen MR) is 110 cm³/mol. The highest BCUT2D eigenvalue weighted by molar-refractivity contribution is 5.74. The van der Waals surface area contributed by atoms with Crippen LogP contribution >= 0.6 is 0 Å². The van der Waals surface area contributed by atoms with Gasteiger partial charge in [0.2, 0.25) is 0 Å². The molecule has 1 saturated carbocycles. The molecule has 0 aromatic rings. The fraction of sp³-hybridized carbons (Fsp3) is 0.913. The lowest BCUT2D eigenvalue weighted by molar-refractivity contribution is -0.158. The van der Waals surface area contributed by atoms with Gasteiger partial charge < -0.3 is 9.84 Å². The van der Waals surface area contributed by atoms with Gasteiger partial charge in [0.15, 0.2) is 0 Å².